The van der Waals surface area contributed by atoms with Crippen LogP contribution in [0.3, 0.4) is 0 Å². The van der Waals surface area contributed by atoms with Crippen molar-refractivity contribution in [3.05, 3.63) is 48.0 Å². The second-order valence-corrected chi connectivity index (χ2v) is 3.66. The summed E-state index contributed by atoms with van der Waals surface area (Å²) in [6.45, 7) is 2.07. The molecule has 2 aromatic rings. The molecule has 0 unspecified atom stereocenters. The number of carbonyl (C=O) groups excluding carboxylic acids is 1. The van der Waals surface area contributed by atoms with Gasteiger partial charge in [0.1, 0.15) is 0 Å². The van der Waals surface area contributed by atoms with Crippen LogP contribution < -0.4 is 5.43 Å². The zero-order chi connectivity index (χ0) is 12.8. The van der Waals surface area contributed by atoms with E-state index >= 15 is 0 Å². The molecule has 0 radical (unpaired) electrons. The molecule has 0 spiro atoms. The lowest BCUT2D eigenvalue weighted by Crippen LogP contribution is -2.18. The fourth-order valence-corrected chi connectivity index (χ4v) is 1.68. The molecule has 0 fully saturated rings. The van der Waals surface area contributed by atoms with E-state index in [-0.39, 0.29) is 0 Å². The molecule has 2 aromatic carbocycles. The first-order valence-electron chi connectivity index (χ1n) is 5.75. The second kappa shape index (κ2) is 5.82. The molecule has 4 nitrogen and oxygen atoms in total. The number of amides is 1. The maximum absolute atomic E-state index is 11.0. The number of hydrazone groups is 1. The zero-order valence-corrected chi connectivity index (χ0v) is 10.1. The van der Waals surface area contributed by atoms with Crippen LogP contribution in [0, 0.1) is 0 Å². The number of fused-ring (bicyclic) bond motifs is 1. The average Bonchev–Trinajstić information content (AvgIpc) is 2.39. The minimum Gasteiger partial charge on any atom is -0.449 e. The molecule has 18 heavy (non-hydrogen) atoms. The fraction of sp³-hybridized carbons (Fsp3) is 0.143. The van der Waals surface area contributed by atoms with E-state index < -0.39 is 6.09 Å². The van der Waals surface area contributed by atoms with E-state index in [4.69, 9.17) is 4.74 Å². The number of nitrogens with one attached hydrogen (secondary N) is 1. The molecule has 0 atom stereocenters. The van der Waals surface area contributed by atoms with Gasteiger partial charge >= 0.3 is 6.09 Å². The number of rotatable bonds is 3. The van der Waals surface area contributed by atoms with Gasteiger partial charge in [0.25, 0.3) is 0 Å². The van der Waals surface area contributed by atoms with Crippen LogP contribution in [0.1, 0.15) is 12.5 Å². The summed E-state index contributed by atoms with van der Waals surface area (Å²) in [7, 11) is 0. The lowest BCUT2D eigenvalue weighted by Gasteiger charge is -2.02. The van der Waals surface area contributed by atoms with Crippen LogP contribution >= 0.6 is 0 Å². The Labute approximate surface area is 105 Å². The fourth-order valence-electron chi connectivity index (χ4n) is 1.68. The molecular weight excluding hydrogens is 228 g/mol. The second-order valence-electron chi connectivity index (χ2n) is 3.66. The van der Waals surface area contributed by atoms with Crippen molar-refractivity contribution in [3.8, 4) is 0 Å². The van der Waals surface area contributed by atoms with Gasteiger partial charge in [0.2, 0.25) is 0 Å². The summed E-state index contributed by atoms with van der Waals surface area (Å²) in [6.07, 6.45) is 1.06. The van der Waals surface area contributed by atoms with Crippen LogP contribution in [-0.2, 0) is 4.74 Å². The Morgan fingerprint density at radius 1 is 1.28 bits per heavy atom. The Morgan fingerprint density at radius 3 is 2.89 bits per heavy atom. The summed E-state index contributed by atoms with van der Waals surface area (Å²) in [5.74, 6) is 0. The number of ether oxygens (including phenoxy) is 1. The van der Waals surface area contributed by atoms with Gasteiger partial charge in [0.15, 0.2) is 0 Å². The molecule has 2 rings (SSSR count). The Morgan fingerprint density at radius 2 is 2.06 bits per heavy atom. The van der Waals surface area contributed by atoms with Gasteiger partial charge in [-0.3, -0.25) is 0 Å². The third-order valence-electron chi connectivity index (χ3n) is 2.46. The van der Waals surface area contributed by atoms with Crippen molar-refractivity contribution in [1.82, 2.24) is 5.43 Å². The average molecular weight is 242 g/mol. The topological polar surface area (TPSA) is 50.7 Å². The number of nitrogens with zero attached hydrogens (tertiary/aromatic N) is 1. The quantitative estimate of drug-likeness (QED) is 0.664. The first-order chi connectivity index (χ1) is 8.81. The monoisotopic (exact) mass is 242 g/mol. The summed E-state index contributed by atoms with van der Waals surface area (Å²) in [6, 6.07) is 13.9. The lowest BCUT2D eigenvalue weighted by atomic mass is 10.1. The summed E-state index contributed by atoms with van der Waals surface area (Å²) in [4.78, 5) is 11.0. The van der Waals surface area contributed by atoms with Crippen molar-refractivity contribution in [1.29, 1.82) is 0 Å². The normalized spacial score (nSPS) is 10.7. The first kappa shape index (κ1) is 12.1. The number of carbonyl (C=O) groups is 1. The van der Waals surface area contributed by atoms with Gasteiger partial charge in [-0.2, -0.15) is 5.10 Å². The van der Waals surface area contributed by atoms with Crippen molar-refractivity contribution < 1.29 is 9.53 Å². The molecule has 0 aliphatic rings. The van der Waals surface area contributed by atoms with Gasteiger partial charge < -0.3 is 4.74 Å². The van der Waals surface area contributed by atoms with Crippen LogP contribution in [0.4, 0.5) is 4.79 Å². The summed E-state index contributed by atoms with van der Waals surface area (Å²) < 4.78 is 4.70. The van der Waals surface area contributed by atoms with Crippen LogP contribution in [0.5, 0.6) is 0 Å². The molecule has 1 amide bonds. The van der Waals surface area contributed by atoms with Crippen LogP contribution in [0.15, 0.2) is 47.6 Å². The van der Waals surface area contributed by atoms with E-state index in [1.54, 1.807) is 13.1 Å². The summed E-state index contributed by atoms with van der Waals surface area (Å²) in [5.41, 5.74) is 3.25. The van der Waals surface area contributed by atoms with E-state index in [1.807, 2.05) is 42.5 Å². The van der Waals surface area contributed by atoms with E-state index in [0.717, 1.165) is 16.3 Å². The molecule has 0 saturated heterocycles. The highest BCUT2D eigenvalue weighted by atomic mass is 16.5. The lowest BCUT2D eigenvalue weighted by molar-refractivity contribution is 0.152. The third-order valence-corrected chi connectivity index (χ3v) is 2.46. The number of hydrogen-bond acceptors (Lipinski definition) is 3. The molecule has 92 valence electrons. The maximum atomic E-state index is 11.0. The first-order valence-corrected chi connectivity index (χ1v) is 5.75. The maximum Gasteiger partial charge on any atom is 0.427 e. The van der Waals surface area contributed by atoms with Crippen molar-refractivity contribution in [2.45, 2.75) is 6.92 Å². The molecule has 0 aliphatic carbocycles. The van der Waals surface area contributed by atoms with Crippen molar-refractivity contribution in [2.24, 2.45) is 5.10 Å². The Bertz CT molecular complexity index is 574. The highest BCUT2D eigenvalue weighted by Gasteiger charge is 1.98. The zero-order valence-electron chi connectivity index (χ0n) is 10.1. The molecule has 0 aromatic heterocycles. The summed E-state index contributed by atoms with van der Waals surface area (Å²) >= 11 is 0. The summed E-state index contributed by atoms with van der Waals surface area (Å²) in [5, 5.41) is 6.09. The van der Waals surface area contributed by atoms with Gasteiger partial charge in [-0.25, -0.2) is 10.2 Å². The van der Waals surface area contributed by atoms with Gasteiger partial charge in [-0.1, -0.05) is 42.5 Å². The Balaban J connectivity index is 2.16. The number of benzene rings is 2. The predicted octanol–water partition coefficient (Wildman–Crippen LogP) is 2.92. The number of hydrogen-bond donors (Lipinski definition) is 1. The Hall–Kier alpha value is -2.36. The highest BCUT2D eigenvalue weighted by molar-refractivity contribution is 5.99. The molecule has 1 N–H and O–H groups in total. The minimum absolute atomic E-state index is 0.329. The molecule has 0 heterocycles. The highest BCUT2D eigenvalue weighted by Crippen LogP contribution is 2.16. The van der Waals surface area contributed by atoms with Crippen LogP contribution in [0.2, 0.25) is 0 Å². The van der Waals surface area contributed by atoms with Crippen molar-refractivity contribution in [2.75, 3.05) is 6.61 Å². The van der Waals surface area contributed by atoms with Crippen LogP contribution in [0.25, 0.3) is 10.8 Å². The van der Waals surface area contributed by atoms with Crippen molar-refractivity contribution >= 4 is 23.1 Å². The standard InChI is InChI=1S/C14H14N2O2/c1-2-18-14(17)16-15-10-12-8-5-7-11-6-3-4-9-13(11)12/h3-10H,2H2,1H3,(H,16,17)/b15-10+. The molecule has 0 saturated carbocycles. The molecule has 4 heteroatoms. The van der Waals surface area contributed by atoms with Gasteiger partial charge in [0.05, 0.1) is 12.8 Å². The smallest absolute Gasteiger partial charge is 0.427 e. The Kier molecular flexibility index (Phi) is 3.91. The van der Waals surface area contributed by atoms with Crippen LogP contribution in [-0.4, -0.2) is 18.9 Å². The van der Waals surface area contributed by atoms with E-state index in [0.29, 0.717) is 6.61 Å². The van der Waals surface area contributed by atoms with E-state index in [2.05, 4.69) is 10.5 Å². The SMILES string of the molecule is CCOC(=O)N/N=C/c1cccc2ccccc12. The molecule has 0 bridgehead atoms. The largest absolute Gasteiger partial charge is 0.449 e. The van der Waals surface area contributed by atoms with Crippen molar-refractivity contribution in [3.63, 3.8) is 0 Å². The predicted molar refractivity (Wildman–Crippen MR) is 71.7 cm³/mol. The van der Waals surface area contributed by atoms with E-state index in [1.165, 1.54) is 0 Å². The van der Waals surface area contributed by atoms with Gasteiger partial charge in [0, 0.05) is 5.56 Å². The minimum atomic E-state index is -0.547. The van der Waals surface area contributed by atoms with E-state index in [9.17, 15) is 4.79 Å². The van der Waals surface area contributed by atoms with Gasteiger partial charge in [-0.15, -0.1) is 0 Å². The van der Waals surface area contributed by atoms with Gasteiger partial charge in [-0.05, 0) is 17.7 Å². The third kappa shape index (κ3) is 2.85. The molecule has 0 aliphatic heterocycles. The molecular formula is C14H14N2O2.